The monoisotopic (exact) mass is 513 g/mol. The summed E-state index contributed by atoms with van der Waals surface area (Å²) in [6.07, 6.45) is 0. The van der Waals surface area contributed by atoms with E-state index in [1.165, 1.54) is 5.00 Å². The maximum atomic E-state index is 12.2. The van der Waals surface area contributed by atoms with Gasteiger partial charge in [-0.25, -0.2) is 0 Å². The molecule has 2 N–H and O–H groups in total. The maximum Gasteiger partial charge on any atom is 0.251 e. The Balaban J connectivity index is 0.00000280. The van der Waals surface area contributed by atoms with E-state index in [1.807, 2.05) is 31.2 Å². The predicted molar refractivity (Wildman–Crippen MR) is 128 cm³/mol. The number of rotatable bonds is 5. The molecule has 0 bridgehead atoms. The number of anilines is 1. The number of amides is 1. The molecule has 1 saturated heterocycles. The molecule has 1 fully saturated rings. The van der Waals surface area contributed by atoms with Gasteiger partial charge in [0.25, 0.3) is 5.91 Å². The van der Waals surface area contributed by atoms with Gasteiger partial charge in [-0.1, -0.05) is 17.7 Å². The Hall–Kier alpha value is -1.81. The number of aryl methyl sites for hydroxylation is 1. The molecule has 1 aromatic heterocycles. The largest absolute Gasteiger partial charge is 0.360 e. The number of halogens is 1. The van der Waals surface area contributed by atoms with E-state index in [4.69, 9.17) is 0 Å². The fraction of sp³-hybridized carbons (Fsp3) is 0.400. The molecule has 1 aliphatic rings. The van der Waals surface area contributed by atoms with Crippen LogP contribution in [0.1, 0.15) is 15.9 Å². The Morgan fingerprint density at radius 3 is 2.50 bits per heavy atom. The molecule has 8 heteroatoms. The zero-order valence-corrected chi connectivity index (χ0v) is 19.5. The average molecular weight is 513 g/mol. The molecule has 2 aromatic rings. The van der Waals surface area contributed by atoms with Crippen LogP contribution < -0.4 is 15.5 Å². The Bertz CT molecular complexity index is 773. The lowest BCUT2D eigenvalue weighted by molar-refractivity contribution is 0.0954. The van der Waals surface area contributed by atoms with Crippen molar-refractivity contribution in [2.24, 2.45) is 4.99 Å². The zero-order chi connectivity index (χ0) is 19.1. The van der Waals surface area contributed by atoms with Crippen LogP contribution in [0.15, 0.2) is 46.8 Å². The standard InChI is InChI=1S/C20H27N5OS.HI/c1-16-5-3-6-17(15-16)19(26)22-8-9-23-20(21-2)25-12-10-24(11-13-25)18-7-4-14-27-18;/h3-7,14-15H,8-13H2,1-2H3,(H,21,23)(H,22,26);1H. The number of thiophene rings is 1. The number of carbonyl (C=O) groups excluding carboxylic acids is 1. The highest BCUT2D eigenvalue weighted by molar-refractivity contribution is 14.0. The summed E-state index contributed by atoms with van der Waals surface area (Å²) in [6.45, 7) is 7.05. The van der Waals surface area contributed by atoms with Crippen LogP contribution >= 0.6 is 35.3 Å². The smallest absolute Gasteiger partial charge is 0.251 e. The average Bonchev–Trinajstić information content (AvgIpc) is 3.23. The van der Waals surface area contributed by atoms with Gasteiger partial charge in [0.2, 0.25) is 0 Å². The van der Waals surface area contributed by atoms with Crippen molar-refractivity contribution >= 4 is 52.2 Å². The highest BCUT2D eigenvalue weighted by Crippen LogP contribution is 2.22. The zero-order valence-electron chi connectivity index (χ0n) is 16.4. The van der Waals surface area contributed by atoms with E-state index >= 15 is 0 Å². The number of carbonyl (C=O) groups is 1. The summed E-state index contributed by atoms with van der Waals surface area (Å²) in [4.78, 5) is 21.2. The molecule has 152 valence electrons. The molecule has 0 spiro atoms. The van der Waals surface area contributed by atoms with Gasteiger partial charge in [0.1, 0.15) is 0 Å². The number of aliphatic imine (C=N–C) groups is 1. The Kier molecular flexibility index (Phi) is 9.04. The topological polar surface area (TPSA) is 60.0 Å². The van der Waals surface area contributed by atoms with E-state index in [0.29, 0.717) is 18.7 Å². The van der Waals surface area contributed by atoms with Crippen LogP contribution in [0.2, 0.25) is 0 Å². The first kappa shape index (κ1) is 22.5. The Morgan fingerprint density at radius 2 is 1.86 bits per heavy atom. The summed E-state index contributed by atoms with van der Waals surface area (Å²) in [5.74, 6) is 0.852. The summed E-state index contributed by atoms with van der Waals surface area (Å²) < 4.78 is 0. The first-order valence-corrected chi connectivity index (χ1v) is 10.1. The van der Waals surface area contributed by atoms with Crippen molar-refractivity contribution in [2.45, 2.75) is 6.92 Å². The van der Waals surface area contributed by atoms with Gasteiger partial charge in [-0.3, -0.25) is 9.79 Å². The van der Waals surface area contributed by atoms with Gasteiger partial charge in [-0.05, 0) is 36.6 Å². The highest BCUT2D eigenvalue weighted by atomic mass is 127. The molecular formula is C20H28IN5OS. The van der Waals surface area contributed by atoms with Gasteiger partial charge in [-0.2, -0.15) is 0 Å². The predicted octanol–water partition coefficient (Wildman–Crippen LogP) is 2.80. The molecule has 2 heterocycles. The SMILES string of the molecule is CN=C(NCCNC(=O)c1cccc(C)c1)N1CCN(c2cccs2)CC1.I. The van der Waals surface area contributed by atoms with Crippen LogP contribution in [0.3, 0.4) is 0 Å². The summed E-state index contributed by atoms with van der Waals surface area (Å²) in [5.41, 5.74) is 1.78. The Labute approximate surface area is 188 Å². The lowest BCUT2D eigenvalue weighted by atomic mass is 10.1. The van der Waals surface area contributed by atoms with Crippen molar-refractivity contribution in [1.82, 2.24) is 15.5 Å². The number of hydrogen-bond acceptors (Lipinski definition) is 4. The third kappa shape index (κ3) is 6.10. The fourth-order valence-corrected chi connectivity index (χ4v) is 3.94. The number of benzene rings is 1. The van der Waals surface area contributed by atoms with E-state index in [9.17, 15) is 4.79 Å². The molecule has 1 amide bonds. The first-order valence-electron chi connectivity index (χ1n) is 9.26. The summed E-state index contributed by atoms with van der Waals surface area (Å²) in [6, 6.07) is 11.9. The molecule has 0 saturated carbocycles. The third-order valence-electron chi connectivity index (χ3n) is 4.58. The van der Waals surface area contributed by atoms with E-state index in [0.717, 1.165) is 37.7 Å². The lowest BCUT2D eigenvalue weighted by Crippen LogP contribution is -2.53. The molecule has 3 rings (SSSR count). The van der Waals surface area contributed by atoms with E-state index < -0.39 is 0 Å². The second-order valence-electron chi connectivity index (χ2n) is 6.52. The van der Waals surface area contributed by atoms with Crippen molar-refractivity contribution in [3.63, 3.8) is 0 Å². The van der Waals surface area contributed by atoms with E-state index in [2.05, 4.69) is 42.9 Å². The van der Waals surface area contributed by atoms with Gasteiger partial charge < -0.3 is 20.4 Å². The summed E-state index contributed by atoms with van der Waals surface area (Å²) in [5, 5.41) is 9.75. The maximum absolute atomic E-state index is 12.2. The quantitative estimate of drug-likeness (QED) is 0.280. The first-order chi connectivity index (χ1) is 13.2. The Morgan fingerprint density at radius 1 is 1.11 bits per heavy atom. The third-order valence-corrected chi connectivity index (χ3v) is 5.51. The lowest BCUT2D eigenvalue weighted by Gasteiger charge is -2.37. The normalized spacial score (nSPS) is 14.4. The molecule has 0 atom stereocenters. The molecule has 6 nitrogen and oxygen atoms in total. The summed E-state index contributed by atoms with van der Waals surface area (Å²) in [7, 11) is 1.80. The van der Waals surface area contributed by atoms with E-state index in [1.54, 1.807) is 18.4 Å². The van der Waals surface area contributed by atoms with Crippen molar-refractivity contribution in [3.8, 4) is 0 Å². The van der Waals surface area contributed by atoms with Crippen molar-refractivity contribution in [2.75, 3.05) is 51.2 Å². The van der Waals surface area contributed by atoms with Crippen molar-refractivity contribution < 1.29 is 4.79 Å². The number of nitrogens with zero attached hydrogens (tertiary/aromatic N) is 3. The highest BCUT2D eigenvalue weighted by Gasteiger charge is 2.20. The molecule has 0 radical (unpaired) electrons. The number of guanidine groups is 1. The van der Waals surface area contributed by atoms with Crippen molar-refractivity contribution in [1.29, 1.82) is 0 Å². The fourth-order valence-electron chi connectivity index (χ4n) is 3.16. The van der Waals surface area contributed by atoms with Gasteiger partial charge in [-0.15, -0.1) is 35.3 Å². The van der Waals surface area contributed by atoms with E-state index in [-0.39, 0.29) is 29.9 Å². The molecule has 0 aliphatic carbocycles. The minimum Gasteiger partial charge on any atom is -0.360 e. The molecule has 28 heavy (non-hydrogen) atoms. The van der Waals surface area contributed by atoms with Gasteiger partial charge >= 0.3 is 0 Å². The van der Waals surface area contributed by atoms with Crippen molar-refractivity contribution in [3.05, 3.63) is 52.9 Å². The molecular weight excluding hydrogens is 485 g/mol. The van der Waals surface area contributed by atoms with Crippen LogP contribution in [0.5, 0.6) is 0 Å². The van der Waals surface area contributed by atoms with Crippen LogP contribution in [0, 0.1) is 6.92 Å². The second-order valence-corrected chi connectivity index (χ2v) is 7.45. The minimum atomic E-state index is -0.0416. The number of nitrogens with one attached hydrogen (secondary N) is 2. The minimum absolute atomic E-state index is 0. The molecule has 1 aromatic carbocycles. The molecule has 0 unspecified atom stereocenters. The van der Waals surface area contributed by atoms with Gasteiger partial charge in [0.05, 0.1) is 5.00 Å². The van der Waals surface area contributed by atoms with Crippen LogP contribution in [0.4, 0.5) is 5.00 Å². The second kappa shape index (κ2) is 11.3. The van der Waals surface area contributed by atoms with Crippen LogP contribution in [0.25, 0.3) is 0 Å². The van der Waals surface area contributed by atoms with Crippen LogP contribution in [-0.2, 0) is 0 Å². The van der Waals surface area contributed by atoms with Crippen LogP contribution in [-0.4, -0.2) is 63.1 Å². The van der Waals surface area contributed by atoms with Gasteiger partial charge in [0.15, 0.2) is 5.96 Å². The number of piperazine rings is 1. The molecule has 1 aliphatic heterocycles. The summed E-state index contributed by atoms with van der Waals surface area (Å²) >= 11 is 1.78. The number of hydrogen-bond donors (Lipinski definition) is 2. The van der Waals surface area contributed by atoms with Gasteiger partial charge in [0, 0.05) is 51.9 Å².